The summed E-state index contributed by atoms with van der Waals surface area (Å²) in [7, 11) is 1.25. The van der Waals surface area contributed by atoms with Crippen molar-refractivity contribution in [1.82, 2.24) is 10.2 Å². The van der Waals surface area contributed by atoms with Crippen LogP contribution < -0.4 is 5.32 Å². The fourth-order valence-electron chi connectivity index (χ4n) is 2.71. The van der Waals surface area contributed by atoms with Crippen LogP contribution in [0.3, 0.4) is 0 Å². The zero-order chi connectivity index (χ0) is 18.6. The maximum Gasteiger partial charge on any atom is 0.334 e. The van der Waals surface area contributed by atoms with Crippen LogP contribution in [0.4, 0.5) is 0 Å². The molecule has 7 nitrogen and oxygen atoms in total. The van der Waals surface area contributed by atoms with E-state index in [9.17, 15) is 14.4 Å². The van der Waals surface area contributed by atoms with Crippen LogP contribution in [-0.4, -0.2) is 60.1 Å². The van der Waals surface area contributed by atoms with Gasteiger partial charge in [0.15, 0.2) is 6.10 Å². The highest BCUT2D eigenvalue weighted by molar-refractivity contribution is 6.35. The number of hydrogen-bond donors (Lipinski definition) is 2. The number of carbonyl (C=O) groups excluding carboxylic acids is 2. The standard InChI is InChI=1S/C16H18Cl2N2O5/c1-25-13(16(23)24)8-19-14(21)12-3-2-4-20(12)15(22)9-5-10(17)7-11(18)6-9/h5-7,12-13H,2-4,8H2,1H3,(H,19,21)(H,23,24). The van der Waals surface area contributed by atoms with Crippen molar-refractivity contribution in [3.05, 3.63) is 33.8 Å². The lowest BCUT2D eigenvalue weighted by Crippen LogP contribution is -2.48. The lowest BCUT2D eigenvalue weighted by atomic mass is 10.1. The number of rotatable bonds is 6. The minimum absolute atomic E-state index is 0.174. The summed E-state index contributed by atoms with van der Waals surface area (Å²) in [6, 6.07) is 3.84. The Balaban J connectivity index is 2.07. The fraction of sp³-hybridized carbons (Fsp3) is 0.438. The molecule has 136 valence electrons. The average Bonchev–Trinajstić information content (AvgIpc) is 3.02. The molecule has 1 aromatic rings. The van der Waals surface area contributed by atoms with E-state index >= 15 is 0 Å². The topological polar surface area (TPSA) is 95.9 Å². The predicted octanol–water partition coefficient (Wildman–Crippen LogP) is 1.81. The second-order valence-electron chi connectivity index (χ2n) is 5.62. The van der Waals surface area contributed by atoms with Crippen LogP contribution in [-0.2, 0) is 14.3 Å². The number of carboxylic acids is 1. The van der Waals surface area contributed by atoms with Gasteiger partial charge in [0.05, 0.1) is 6.54 Å². The molecule has 2 amide bonds. The second-order valence-corrected chi connectivity index (χ2v) is 6.50. The van der Waals surface area contributed by atoms with E-state index in [1.807, 2.05) is 0 Å². The van der Waals surface area contributed by atoms with Crippen LogP contribution in [0.15, 0.2) is 18.2 Å². The number of methoxy groups -OCH3 is 1. The van der Waals surface area contributed by atoms with Gasteiger partial charge in [-0.25, -0.2) is 4.79 Å². The van der Waals surface area contributed by atoms with Gasteiger partial charge in [0.1, 0.15) is 6.04 Å². The van der Waals surface area contributed by atoms with Gasteiger partial charge in [-0.05, 0) is 31.0 Å². The Hall–Kier alpha value is -1.83. The summed E-state index contributed by atoms with van der Waals surface area (Å²) in [6.07, 6.45) is 0.0303. The maximum atomic E-state index is 12.7. The molecule has 25 heavy (non-hydrogen) atoms. The molecular weight excluding hydrogens is 371 g/mol. The molecule has 0 aliphatic carbocycles. The molecule has 1 heterocycles. The molecule has 0 saturated carbocycles. The number of benzene rings is 1. The number of halogens is 2. The summed E-state index contributed by atoms with van der Waals surface area (Å²) in [5.41, 5.74) is 0.303. The molecule has 0 bridgehead atoms. The Labute approximate surface area is 154 Å². The first-order valence-electron chi connectivity index (χ1n) is 7.64. The summed E-state index contributed by atoms with van der Waals surface area (Å²) in [5.74, 6) is -1.93. The monoisotopic (exact) mass is 388 g/mol. The molecular formula is C16H18Cl2N2O5. The minimum atomic E-state index is -1.17. The van der Waals surface area contributed by atoms with Crippen molar-refractivity contribution in [3.63, 3.8) is 0 Å². The van der Waals surface area contributed by atoms with Crippen molar-refractivity contribution in [2.45, 2.75) is 25.0 Å². The van der Waals surface area contributed by atoms with E-state index in [0.29, 0.717) is 35.0 Å². The van der Waals surface area contributed by atoms with Crippen molar-refractivity contribution in [2.75, 3.05) is 20.2 Å². The maximum absolute atomic E-state index is 12.7. The summed E-state index contributed by atoms with van der Waals surface area (Å²) in [5, 5.41) is 12.1. The van der Waals surface area contributed by atoms with E-state index in [2.05, 4.69) is 5.32 Å². The molecule has 1 aromatic carbocycles. The van der Waals surface area contributed by atoms with E-state index in [0.717, 1.165) is 0 Å². The SMILES string of the molecule is COC(CNC(=O)C1CCCN1C(=O)c1cc(Cl)cc(Cl)c1)C(=O)O. The summed E-state index contributed by atoms with van der Waals surface area (Å²) in [6.45, 7) is 0.250. The smallest absolute Gasteiger partial charge is 0.334 e. The van der Waals surface area contributed by atoms with E-state index in [-0.39, 0.29) is 12.5 Å². The molecule has 1 fully saturated rings. The number of amides is 2. The van der Waals surface area contributed by atoms with Gasteiger partial charge in [-0.15, -0.1) is 0 Å². The highest BCUT2D eigenvalue weighted by atomic mass is 35.5. The molecule has 1 saturated heterocycles. The van der Waals surface area contributed by atoms with E-state index in [4.69, 9.17) is 33.0 Å². The Morgan fingerprint density at radius 3 is 2.52 bits per heavy atom. The summed E-state index contributed by atoms with van der Waals surface area (Å²) in [4.78, 5) is 37.4. The Bertz CT molecular complexity index is 662. The molecule has 1 aliphatic rings. The van der Waals surface area contributed by atoms with Crippen LogP contribution in [0, 0.1) is 0 Å². The van der Waals surface area contributed by atoms with Gasteiger partial charge in [-0.2, -0.15) is 0 Å². The number of carboxylic acid groups (broad SMARTS) is 1. The molecule has 0 aromatic heterocycles. The number of carbonyl (C=O) groups is 3. The van der Waals surface area contributed by atoms with Gasteiger partial charge >= 0.3 is 5.97 Å². The first-order valence-corrected chi connectivity index (χ1v) is 8.39. The van der Waals surface area contributed by atoms with Gasteiger partial charge in [0, 0.05) is 29.3 Å². The summed E-state index contributed by atoms with van der Waals surface area (Å²) >= 11 is 11.9. The number of aliphatic carboxylic acids is 1. The molecule has 2 N–H and O–H groups in total. The van der Waals surface area contributed by atoms with Crippen molar-refractivity contribution in [2.24, 2.45) is 0 Å². The molecule has 2 unspecified atom stereocenters. The molecule has 2 atom stereocenters. The van der Waals surface area contributed by atoms with Crippen molar-refractivity contribution in [1.29, 1.82) is 0 Å². The lowest BCUT2D eigenvalue weighted by Gasteiger charge is -2.24. The number of likely N-dealkylation sites (tertiary alicyclic amines) is 1. The Morgan fingerprint density at radius 2 is 1.96 bits per heavy atom. The first-order chi connectivity index (χ1) is 11.8. The first kappa shape index (κ1) is 19.5. The molecule has 0 radical (unpaired) electrons. The van der Waals surface area contributed by atoms with Crippen LogP contribution >= 0.6 is 23.2 Å². The van der Waals surface area contributed by atoms with Crippen molar-refractivity contribution >= 4 is 41.0 Å². The van der Waals surface area contributed by atoms with Gasteiger partial charge in [-0.3, -0.25) is 9.59 Å². The zero-order valence-corrected chi connectivity index (χ0v) is 15.0. The lowest BCUT2D eigenvalue weighted by molar-refractivity contribution is -0.148. The van der Waals surface area contributed by atoms with Crippen LogP contribution in [0.25, 0.3) is 0 Å². The van der Waals surface area contributed by atoms with Crippen LogP contribution in [0.2, 0.25) is 10.0 Å². The quantitative estimate of drug-likeness (QED) is 0.774. The minimum Gasteiger partial charge on any atom is -0.479 e. The average molecular weight is 389 g/mol. The predicted molar refractivity (Wildman–Crippen MR) is 92.0 cm³/mol. The Morgan fingerprint density at radius 1 is 1.32 bits per heavy atom. The van der Waals surface area contributed by atoms with Crippen LogP contribution in [0.5, 0.6) is 0 Å². The largest absolute Gasteiger partial charge is 0.479 e. The molecule has 1 aliphatic heterocycles. The number of nitrogens with zero attached hydrogens (tertiary/aromatic N) is 1. The Kier molecular flexibility index (Phi) is 6.64. The van der Waals surface area contributed by atoms with E-state index < -0.39 is 24.0 Å². The summed E-state index contributed by atoms with van der Waals surface area (Å²) < 4.78 is 4.77. The highest BCUT2D eigenvalue weighted by Crippen LogP contribution is 2.24. The van der Waals surface area contributed by atoms with E-state index in [1.165, 1.54) is 30.2 Å². The second kappa shape index (κ2) is 8.51. The number of nitrogens with one attached hydrogen (secondary N) is 1. The number of hydrogen-bond acceptors (Lipinski definition) is 4. The van der Waals surface area contributed by atoms with Gasteiger partial charge < -0.3 is 20.1 Å². The van der Waals surface area contributed by atoms with E-state index in [1.54, 1.807) is 0 Å². The highest BCUT2D eigenvalue weighted by Gasteiger charge is 2.35. The van der Waals surface area contributed by atoms with Crippen LogP contribution in [0.1, 0.15) is 23.2 Å². The molecule has 2 rings (SSSR count). The van der Waals surface area contributed by atoms with Gasteiger partial charge in [0.25, 0.3) is 5.91 Å². The van der Waals surface area contributed by atoms with Crippen molar-refractivity contribution in [3.8, 4) is 0 Å². The third kappa shape index (κ3) is 4.84. The molecule has 9 heteroatoms. The van der Waals surface area contributed by atoms with Gasteiger partial charge in [-0.1, -0.05) is 23.2 Å². The third-order valence-electron chi connectivity index (χ3n) is 3.95. The fourth-order valence-corrected chi connectivity index (χ4v) is 3.23. The molecule has 0 spiro atoms. The van der Waals surface area contributed by atoms with Crippen molar-refractivity contribution < 1.29 is 24.2 Å². The normalized spacial score (nSPS) is 18.0. The third-order valence-corrected chi connectivity index (χ3v) is 4.38. The van der Waals surface area contributed by atoms with Gasteiger partial charge in [0.2, 0.25) is 5.91 Å². The zero-order valence-electron chi connectivity index (χ0n) is 13.5. The number of ether oxygens (including phenoxy) is 1.